The summed E-state index contributed by atoms with van der Waals surface area (Å²) in [7, 11) is 1.63. The van der Waals surface area contributed by atoms with Crippen molar-refractivity contribution in [1.82, 2.24) is 20.2 Å². The van der Waals surface area contributed by atoms with Gasteiger partial charge in [-0.3, -0.25) is 4.79 Å². The van der Waals surface area contributed by atoms with Gasteiger partial charge in [0.1, 0.15) is 6.54 Å². The molecule has 84 valence electrons. The minimum Gasteiger partial charge on any atom is -0.358 e. The monoisotopic (exact) mass is 210 g/mol. The van der Waals surface area contributed by atoms with Crippen LogP contribution in [-0.2, 0) is 17.9 Å². The van der Waals surface area contributed by atoms with E-state index in [0.717, 1.165) is 12.2 Å². The van der Waals surface area contributed by atoms with E-state index < -0.39 is 0 Å². The lowest BCUT2D eigenvalue weighted by molar-refractivity contribution is -0.121. The van der Waals surface area contributed by atoms with Gasteiger partial charge in [0.25, 0.3) is 0 Å². The third-order valence-electron chi connectivity index (χ3n) is 2.08. The zero-order valence-electron chi connectivity index (χ0n) is 9.45. The fourth-order valence-electron chi connectivity index (χ4n) is 1.18. The molecule has 0 unspecified atom stereocenters. The molecule has 0 aliphatic carbocycles. The van der Waals surface area contributed by atoms with Gasteiger partial charge in [-0.05, 0) is 0 Å². The van der Waals surface area contributed by atoms with Gasteiger partial charge >= 0.3 is 0 Å². The van der Waals surface area contributed by atoms with E-state index in [-0.39, 0.29) is 5.91 Å². The highest BCUT2D eigenvalue weighted by molar-refractivity contribution is 5.75. The number of nitrogens with zero attached hydrogens (tertiary/aromatic N) is 2. The number of carbonyl (C=O) groups excluding carboxylic acids is 1. The number of carbonyl (C=O) groups is 1. The molecular weight excluding hydrogens is 192 g/mol. The van der Waals surface area contributed by atoms with Crippen LogP contribution in [0.15, 0.2) is 12.5 Å². The molecule has 0 radical (unpaired) electrons. The van der Waals surface area contributed by atoms with Crippen molar-refractivity contribution in [3.8, 4) is 0 Å². The van der Waals surface area contributed by atoms with Gasteiger partial charge in [-0.1, -0.05) is 13.8 Å². The normalized spacial score (nSPS) is 10.7. The predicted octanol–water partition coefficient (Wildman–Crippen LogP) is 0.127. The summed E-state index contributed by atoms with van der Waals surface area (Å²) in [6.45, 7) is 5.22. The Morgan fingerprint density at radius 2 is 2.33 bits per heavy atom. The van der Waals surface area contributed by atoms with E-state index in [2.05, 4.69) is 29.5 Å². The highest BCUT2D eigenvalue weighted by Crippen LogP contribution is 1.99. The van der Waals surface area contributed by atoms with Crippen LogP contribution in [0, 0.1) is 0 Å². The first kappa shape index (κ1) is 11.7. The summed E-state index contributed by atoms with van der Waals surface area (Å²) in [6.07, 6.45) is 3.45. The largest absolute Gasteiger partial charge is 0.358 e. The molecule has 1 rings (SSSR count). The Hall–Kier alpha value is -1.36. The number of likely N-dealkylation sites (N-methyl/N-ethyl adjacent to an activating group) is 1. The average Bonchev–Trinajstić information content (AvgIpc) is 2.62. The second-order valence-electron chi connectivity index (χ2n) is 3.72. The maximum absolute atomic E-state index is 11.2. The Morgan fingerprint density at radius 3 is 2.93 bits per heavy atom. The van der Waals surface area contributed by atoms with E-state index in [9.17, 15) is 4.79 Å². The molecule has 1 heterocycles. The van der Waals surface area contributed by atoms with Gasteiger partial charge in [0.2, 0.25) is 5.91 Å². The lowest BCUT2D eigenvalue weighted by atomic mass is 10.3. The van der Waals surface area contributed by atoms with Crippen LogP contribution < -0.4 is 10.6 Å². The van der Waals surface area contributed by atoms with Crippen molar-refractivity contribution in [3.63, 3.8) is 0 Å². The molecule has 0 aliphatic rings. The quantitative estimate of drug-likeness (QED) is 0.726. The van der Waals surface area contributed by atoms with E-state index in [4.69, 9.17) is 0 Å². The second kappa shape index (κ2) is 5.50. The Balaban J connectivity index is 2.57. The van der Waals surface area contributed by atoms with Crippen molar-refractivity contribution in [2.24, 2.45) is 0 Å². The van der Waals surface area contributed by atoms with E-state index in [1.54, 1.807) is 19.6 Å². The third kappa shape index (κ3) is 3.71. The van der Waals surface area contributed by atoms with Crippen molar-refractivity contribution in [1.29, 1.82) is 0 Å². The lowest BCUT2D eigenvalue weighted by Crippen LogP contribution is -2.27. The minimum atomic E-state index is -0.0150. The maximum atomic E-state index is 11.2. The highest BCUT2D eigenvalue weighted by Gasteiger charge is 2.05. The number of nitrogens with one attached hydrogen (secondary N) is 2. The molecule has 1 amide bonds. The van der Waals surface area contributed by atoms with Gasteiger partial charge < -0.3 is 15.2 Å². The molecule has 5 nitrogen and oxygen atoms in total. The molecule has 0 aliphatic heterocycles. The lowest BCUT2D eigenvalue weighted by Gasteiger charge is -2.10. The topological polar surface area (TPSA) is 59.0 Å². The Labute approximate surface area is 89.9 Å². The number of amides is 1. The van der Waals surface area contributed by atoms with Crippen LogP contribution in [0.4, 0.5) is 0 Å². The van der Waals surface area contributed by atoms with Crippen molar-refractivity contribution < 1.29 is 4.79 Å². The molecule has 0 bridgehead atoms. The zero-order chi connectivity index (χ0) is 11.3. The first-order chi connectivity index (χ1) is 7.13. The standard InChI is InChI=1S/C10H18N4O/c1-8(2)13-5-9-4-12-7-14(9)6-10(15)11-3/h4,7-8,13H,5-6H2,1-3H3,(H,11,15). The van der Waals surface area contributed by atoms with Crippen molar-refractivity contribution in [2.75, 3.05) is 7.05 Å². The molecule has 0 atom stereocenters. The number of hydrogen-bond donors (Lipinski definition) is 2. The third-order valence-corrected chi connectivity index (χ3v) is 2.08. The molecule has 5 heteroatoms. The van der Waals surface area contributed by atoms with Gasteiger partial charge in [0.05, 0.1) is 12.0 Å². The van der Waals surface area contributed by atoms with Gasteiger partial charge in [0, 0.05) is 25.8 Å². The smallest absolute Gasteiger partial charge is 0.239 e. The molecule has 15 heavy (non-hydrogen) atoms. The van der Waals surface area contributed by atoms with Crippen LogP contribution >= 0.6 is 0 Å². The van der Waals surface area contributed by atoms with E-state index in [1.807, 2.05) is 4.57 Å². The van der Waals surface area contributed by atoms with E-state index in [0.29, 0.717) is 12.6 Å². The van der Waals surface area contributed by atoms with Gasteiger partial charge in [-0.25, -0.2) is 4.98 Å². The van der Waals surface area contributed by atoms with Crippen molar-refractivity contribution in [2.45, 2.75) is 33.0 Å². The minimum absolute atomic E-state index is 0.0150. The number of imidazole rings is 1. The van der Waals surface area contributed by atoms with Gasteiger partial charge in [-0.2, -0.15) is 0 Å². The molecule has 0 aromatic carbocycles. The molecule has 0 fully saturated rings. The van der Waals surface area contributed by atoms with Gasteiger partial charge in [-0.15, -0.1) is 0 Å². The number of hydrogen-bond acceptors (Lipinski definition) is 3. The van der Waals surface area contributed by atoms with Crippen LogP contribution in [0.3, 0.4) is 0 Å². The van der Waals surface area contributed by atoms with Crippen molar-refractivity contribution in [3.05, 3.63) is 18.2 Å². The van der Waals surface area contributed by atoms with Crippen LogP contribution in [0.25, 0.3) is 0 Å². The Morgan fingerprint density at radius 1 is 1.60 bits per heavy atom. The SMILES string of the molecule is CNC(=O)Cn1cncc1CNC(C)C. The first-order valence-electron chi connectivity index (χ1n) is 5.06. The van der Waals surface area contributed by atoms with E-state index >= 15 is 0 Å². The number of rotatable bonds is 5. The predicted molar refractivity (Wildman–Crippen MR) is 58.3 cm³/mol. The molecule has 0 spiro atoms. The maximum Gasteiger partial charge on any atom is 0.239 e. The second-order valence-corrected chi connectivity index (χ2v) is 3.72. The Kier molecular flexibility index (Phi) is 4.30. The van der Waals surface area contributed by atoms with Crippen LogP contribution in [-0.4, -0.2) is 28.5 Å². The van der Waals surface area contributed by atoms with Gasteiger partial charge in [0.15, 0.2) is 0 Å². The summed E-state index contributed by atoms with van der Waals surface area (Å²) in [5, 5.41) is 5.87. The summed E-state index contributed by atoms with van der Waals surface area (Å²) >= 11 is 0. The molecular formula is C10H18N4O. The molecule has 1 aromatic rings. The zero-order valence-corrected chi connectivity index (χ0v) is 9.45. The molecule has 0 saturated carbocycles. The molecule has 0 saturated heterocycles. The average molecular weight is 210 g/mol. The van der Waals surface area contributed by atoms with Crippen LogP contribution in [0.1, 0.15) is 19.5 Å². The van der Waals surface area contributed by atoms with Crippen molar-refractivity contribution >= 4 is 5.91 Å². The Bertz CT molecular complexity index is 319. The van der Waals surface area contributed by atoms with Crippen LogP contribution in [0.2, 0.25) is 0 Å². The van der Waals surface area contributed by atoms with Crippen LogP contribution in [0.5, 0.6) is 0 Å². The highest BCUT2D eigenvalue weighted by atomic mass is 16.1. The first-order valence-corrected chi connectivity index (χ1v) is 5.06. The fourth-order valence-corrected chi connectivity index (χ4v) is 1.18. The number of aromatic nitrogens is 2. The summed E-state index contributed by atoms with van der Waals surface area (Å²) in [5.74, 6) is -0.0150. The van der Waals surface area contributed by atoms with E-state index in [1.165, 1.54) is 0 Å². The summed E-state index contributed by atoms with van der Waals surface area (Å²) in [5.41, 5.74) is 1.02. The summed E-state index contributed by atoms with van der Waals surface area (Å²) in [4.78, 5) is 15.2. The molecule has 1 aromatic heterocycles. The summed E-state index contributed by atoms with van der Waals surface area (Å²) < 4.78 is 1.84. The summed E-state index contributed by atoms with van der Waals surface area (Å²) in [6, 6.07) is 0.424. The fraction of sp³-hybridized carbons (Fsp3) is 0.600. The molecule has 2 N–H and O–H groups in total.